The van der Waals surface area contributed by atoms with Gasteiger partial charge in [0, 0.05) is 6.54 Å². The number of amides is 2. The predicted octanol–water partition coefficient (Wildman–Crippen LogP) is 3.90. The van der Waals surface area contributed by atoms with Crippen molar-refractivity contribution < 1.29 is 38.0 Å². The molecule has 1 aliphatic carbocycles. The van der Waals surface area contributed by atoms with Crippen molar-refractivity contribution in [2.75, 3.05) is 19.7 Å². The molecule has 12 nitrogen and oxygen atoms in total. The van der Waals surface area contributed by atoms with Crippen molar-refractivity contribution >= 4 is 23.8 Å². The second-order valence-corrected chi connectivity index (χ2v) is 12.0. The summed E-state index contributed by atoms with van der Waals surface area (Å²) >= 11 is 0. The third-order valence-corrected chi connectivity index (χ3v) is 8.52. The zero-order valence-electron chi connectivity index (χ0n) is 25.3. The number of nitrogens with one attached hydrogen (secondary N) is 1. The molecule has 4 atom stereocenters. The Morgan fingerprint density at radius 1 is 1.02 bits per heavy atom. The second-order valence-electron chi connectivity index (χ2n) is 12.0. The third-order valence-electron chi connectivity index (χ3n) is 8.52. The van der Waals surface area contributed by atoms with E-state index in [4.69, 9.17) is 14.2 Å². The van der Waals surface area contributed by atoms with E-state index in [2.05, 4.69) is 32.4 Å². The van der Waals surface area contributed by atoms with E-state index in [1.165, 1.54) is 18.4 Å². The fraction of sp³-hybridized carbons (Fsp3) is 0.455. The Bertz CT molecular complexity index is 1550. The molecule has 3 aliphatic rings. The van der Waals surface area contributed by atoms with Gasteiger partial charge < -0.3 is 24.4 Å². The molecule has 1 N–H and O–H groups in total. The SMILES string of the molecule is Cc1nonc1C(=O)NC(C)C(Oc1ccc(C(=O)O[C@H]2CCCN(C(=O)[C@H]3COC(=O)C3)C2)cc1)c1ccc(C2CC2)cc1. The first-order chi connectivity index (χ1) is 21.7. The van der Waals surface area contributed by atoms with Crippen molar-refractivity contribution in [3.8, 4) is 5.75 Å². The highest BCUT2D eigenvalue weighted by Gasteiger charge is 2.36. The van der Waals surface area contributed by atoms with Crippen molar-refractivity contribution in [3.05, 3.63) is 76.6 Å². The molecule has 1 aromatic heterocycles. The number of benzene rings is 2. The van der Waals surface area contributed by atoms with Gasteiger partial charge in [-0.25, -0.2) is 9.42 Å². The molecule has 3 fully saturated rings. The van der Waals surface area contributed by atoms with Gasteiger partial charge >= 0.3 is 11.9 Å². The second kappa shape index (κ2) is 13.1. The van der Waals surface area contributed by atoms with Crippen LogP contribution in [0.15, 0.2) is 53.2 Å². The Kier molecular flexibility index (Phi) is 8.81. The summed E-state index contributed by atoms with van der Waals surface area (Å²) in [4.78, 5) is 51.8. The van der Waals surface area contributed by atoms with Gasteiger partial charge in [-0.05, 0) is 86.0 Å². The van der Waals surface area contributed by atoms with Crippen LogP contribution in [0.5, 0.6) is 5.75 Å². The number of carbonyl (C=O) groups excluding carboxylic acids is 4. The van der Waals surface area contributed by atoms with Gasteiger partial charge in [-0.3, -0.25) is 14.4 Å². The Morgan fingerprint density at radius 3 is 2.42 bits per heavy atom. The topological polar surface area (TPSA) is 150 Å². The van der Waals surface area contributed by atoms with E-state index >= 15 is 0 Å². The van der Waals surface area contributed by atoms with Gasteiger partial charge in [-0.15, -0.1) is 0 Å². The van der Waals surface area contributed by atoms with E-state index < -0.39 is 36.0 Å². The quantitative estimate of drug-likeness (QED) is 0.332. The van der Waals surface area contributed by atoms with Crippen molar-refractivity contribution in [2.45, 2.75) is 70.1 Å². The third kappa shape index (κ3) is 7.16. The fourth-order valence-electron chi connectivity index (χ4n) is 5.82. The number of hydrogen-bond donors (Lipinski definition) is 1. The number of nitrogens with zero attached hydrogens (tertiary/aromatic N) is 3. The first kappa shape index (κ1) is 30.3. The molecular formula is C33H36N4O8. The number of aromatic nitrogens is 2. The Morgan fingerprint density at radius 2 is 1.78 bits per heavy atom. The lowest BCUT2D eigenvalue weighted by atomic mass is 10.00. The number of carbonyl (C=O) groups is 4. The maximum atomic E-state index is 13.0. The molecule has 0 radical (unpaired) electrons. The van der Waals surface area contributed by atoms with Gasteiger partial charge in [0.15, 0.2) is 5.69 Å². The van der Waals surface area contributed by atoms with E-state index in [1.54, 1.807) is 36.1 Å². The van der Waals surface area contributed by atoms with Crippen LogP contribution >= 0.6 is 0 Å². The summed E-state index contributed by atoms with van der Waals surface area (Å²) in [5.74, 6) is -0.782. The monoisotopic (exact) mass is 616 g/mol. The molecule has 236 valence electrons. The summed E-state index contributed by atoms with van der Waals surface area (Å²) in [6.07, 6.45) is 2.83. The van der Waals surface area contributed by atoms with E-state index in [-0.39, 0.29) is 37.1 Å². The number of cyclic esters (lactones) is 1. The van der Waals surface area contributed by atoms with Gasteiger partial charge in [0.1, 0.15) is 30.3 Å². The van der Waals surface area contributed by atoms with E-state index in [0.717, 1.165) is 5.56 Å². The summed E-state index contributed by atoms with van der Waals surface area (Å²) in [5.41, 5.74) is 3.02. The predicted molar refractivity (Wildman–Crippen MR) is 158 cm³/mol. The van der Waals surface area contributed by atoms with Gasteiger partial charge in [-0.2, -0.15) is 0 Å². The maximum absolute atomic E-state index is 13.0. The van der Waals surface area contributed by atoms with E-state index in [9.17, 15) is 19.2 Å². The number of piperidine rings is 1. The maximum Gasteiger partial charge on any atom is 0.338 e. The number of ether oxygens (including phenoxy) is 3. The molecule has 12 heteroatoms. The van der Waals surface area contributed by atoms with Crippen LogP contribution in [0.1, 0.15) is 88.7 Å². The summed E-state index contributed by atoms with van der Waals surface area (Å²) in [6, 6.07) is 14.4. The molecule has 0 spiro atoms. The van der Waals surface area contributed by atoms with Gasteiger partial charge in [-0.1, -0.05) is 29.4 Å². The Balaban J connectivity index is 1.10. The van der Waals surface area contributed by atoms with Gasteiger partial charge in [0.05, 0.1) is 30.5 Å². The molecule has 3 heterocycles. The number of hydrogen-bond acceptors (Lipinski definition) is 10. The zero-order valence-corrected chi connectivity index (χ0v) is 25.3. The zero-order chi connectivity index (χ0) is 31.5. The van der Waals surface area contributed by atoms with Crippen molar-refractivity contribution in [1.82, 2.24) is 20.5 Å². The average molecular weight is 617 g/mol. The van der Waals surface area contributed by atoms with E-state index in [0.29, 0.717) is 42.3 Å². The van der Waals surface area contributed by atoms with Gasteiger partial charge in [0.2, 0.25) is 5.91 Å². The minimum absolute atomic E-state index is 0.0880. The van der Waals surface area contributed by atoms with Crippen LogP contribution in [0.3, 0.4) is 0 Å². The molecule has 2 amide bonds. The number of aryl methyl sites for hydroxylation is 1. The Hall–Kier alpha value is -4.74. The first-order valence-electron chi connectivity index (χ1n) is 15.4. The highest BCUT2D eigenvalue weighted by molar-refractivity contribution is 5.93. The minimum atomic E-state index is -0.550. The number of esters is 2. The standard InChI is InChI=1S/C33H36N4O8/c1-19-29(36-45-35-19)31(39)34-20(2)30(23-9-7-22(8-10-23)21-5-6-21)43-26-13-11-24(12-14-26)33(41)44-27-4-3-15-37(17-27)32(40)25-16-28(38)42-18-25/h7-14,20-21,25,27,30H,3-6,15-18H2,1-2H3,(H,34,39)/t20?,25-,27+,30?/m1/s1. The van der Waals surface area contributed by atoms with Crippen LogP contribution in [0.2, 0.25) is 0 Å². The number of rotatable bonds is 10. The highest BCUT2D eigenvalue weighted by Crippen LogP contribution is 2.40. The van der Waals surface area contributed by atoms with Crippen molar-refractivity contribution in [1.29, 1.82) is 0 Å². The number of likely N-dealkylation sites (tertiary alicyclic amines) is 1. The van der Waals surface area contributed by atoms with Crippen molar-refractivity contribution in [3.63, 3.8) is 0 Å². The largest absolute Gasteiger partial charge is 0.484 e. The molecule has 2 aliphatic heterocycles. The lowest BCUT2D eigenvalue weighted by Crippen LogP contribution is -2.46. The summed E-state index contributed by atoms with van der Waals surface area (Å²) in [6.45, 7) is 4.44. The fourth-order valence-corrected chi connectivity index (χ4v) is 5.82. The molecule has 2 aromatic carbocycles. The molecular weight excluding hydrogens is 580 g/mol. The molecule has 2 saturated heterocycles. The minimum Gasteiger partial charge on any atom is -0.484 e. The van der Waals surface area contributed by atoms with Crippen LogP contribution in [-0.4, -0.2) is 70.8 Å². The molecule has 0 bridgehead atoms. The molecule has 6 rings (SSSR count). The summed E-state index contributed by atoms with van der Waals surface area (Å²) in [5, 5.41) is 10.3. The summed E-state index contributed by atoms with van der Waals surface area (Å²) in [7, 11) is 0. The summed E-state index contributed by atoms with van der Waals surface area (Å²) < 4.78 is 21.8. The normalized spacial score (nSPS) is 21.0. The lowest BCUT2D eigenvalue weighted by Gasteiger charge is -2.33. The molecule has 2 unspecified atom stereocenters. The van der Waals surface area contributed by atoms with Crippen LogP contribution < -0.4 is 10.1 Å². The van der Waals surface area contributed by atoms with E-state index in [1.807, 2.05) is 19.1 Å². The molecule has 1 saturated carbocycles. The van der Waals surface area contributed by atoms with Gasteiger partial charge in [0.25, 0.3) is 5.91 Å². The van der Waals surface area contributed by atoms with Crippen LogP contribution in [0.4, 0.5) is 0 Å². The smallest absolute Gasteiger partial charge is 0.338 e. The van der Waals surface area contributed by atoms with Crippen LogP contribution in [0, 0.1) is 12.8 Å². The Labute approximate surface area is 260 Å². The molecule has 3 aromatic rings. The lowest BCUT2D eigenvalue weighted by molar-refractivity contribution is -0.139. The van der Waals surface area contributed by atoms with Crippen LogP contribution in [-0.2, 0) is 19.1 Å². The molecule has 45 heavy (non-hydrogen) atoms. The van der Waals surface area contributed by atoms with Crippen molar-refractivity contribution in [2.24, 2.45) is 5.92 Å². The average Bonchev–Trinajstić information content (AvgIpc) is 3.66. The highest BCUT2D eigenvalue weighted by atomic mass is 16.6. The first-order valence-corrected chi connectivity index (χ1v) is 15.4. The van der Waals surface area contributed by atoms with Crippen LogP contribution in [0.25, 0.3) is 0 Å².